The quantitative estimate of drug-likeness (QED) is 0.627. The van der Waals surface area contributed by atoms with Crippen molar-refractivity contribution in [1.29, 1.82) is 0 Å². The van der Waals surface area contributed by atoms with Gasteiger partial charge in [-0.1, -0.05) is 18.2 Å². The number of carbonyl (C=O) groups excluding carboxylic acids is 1. The molecule has 78 valence electrons. The first kappa shape index (κ1) is 12.7. The predicted molar refractivity (Wildman–Crippen MR) is 60.4 cm³/mol. The molecule has 0 aliphatic heterocycles. The molecule has 0 spiro atoms. The van der Waals surface area contributed by atoms with Gasteiger partial charge in [-0.05, 0) is 37.5 Å². The average molecular weight is 193 g/mol. The first-order valence-electron chi connectivity index (χ1n) is 4.63. The van der Waals surface area contributed by atoms with E-state index in [-0.39, 0.29) is 0 Å². The second-order valence-electron chi connectivity index (χ2n) is 3.59. The molecule has 0 aromatic heterocycles. The molecule has 0 atom stereocenters. The smallest absolute Gasteiger partial charge is 0.209 e. The van der Waals surface area contributed by atoms with Gasteiger partial charge in [0.15, 0.2) is 0 Å². The molecule has 0 aliphatic rings. The van der Waals surface area contributed by atoms with Crippen LogP contribution in [0.5, 0.6) is 0 Å². The van der Waals surface area contributed by atoms with Crippen molar-refractivity contribution in [2.45, 2.75) is 20.8 Å². The minimum atomic E-state index is 0.750. The fourth-order valence-corrected chi connectivity index (χ4v) is 0.898. The number of aryl methyl sites for hydroxylation is 2. The first-order chi connectivity index (χ1) is 6.49. The van der Waals surface area contributed by atoms with Gasteiger partial charge in [0.05, 0.1) is 0 Å². The Morgan fingerprint density at radius 3 is 1.64 bits per heavy atom. The van der Waals surface area contributed by atoms with E-state index in [1.165, 1.54) is 21.6 Å². The molecule has 1 amide bonds. The van der Waals surface area contributed by atoms with Gasteiger partial charge < -0.3 is 4.90 Å². The van der Waals surface area contributed by atoms with E-state index in [4.69, 9.17) is 0 Å². The number of hydrogen-bond donors (Lipinski definition) is 0. The number of amides is 1. The van der Waals surface area contributed by atoms with Crippen LogP contribution in [0.3, 0.4) is 0 Å². The van der Waals surface area contributed by atoms with Gasteiger partial charge in [-0.25, -0.2) is 0 Å². The number of benzene rings is 1. The lowest BCUT2D eigenvalue weighted by Gasteiger charge is -2.00. The molecule has 0 heterocycles. The summed E-state index contributed by atoms with van der Waals surface area (Å²) in [7, 11) is 3.38. The van der Waals surface area contributed by atoms with Crippen LogP contribution in [0.25, 0.3) is 0 Å². The number of carbonyl (C=O) groups is 1. The van der Waals surface area contributed by atoms with Crippen molar-refractivity contribution in [2.75, 3.05) is 14.1 Å². The first-order valence-corrected chi connectivity index (χ1v) is 4.63. The minimum Gasteiger partial charge on any atom is -0.351 e. The van der Waals surface area contributed by atoms with Gasteiger partial charge in [0.2, 0.25) is 6.41 Å². The summed E-state index contributed by atoms with van der Waals surface area (Å²) in [5, 5.41) is 0. The Morgan fingerprint density at radius 1 is 1.07 bits per heavy atom. The molecule has 2 heteroatoms. The fraction of sp³-hybridized carbons (Fsp3) is 0.417. The zero-order valence-corrected chi connectivity index (χ0v) is 9.66. The summed E-state index contributed by atoms with van der Waals surface area (Å²) in [4.78, 5) is 10.9. The fourth-order valence-electron chi connectivity index (χ4n) is 0.898. The minimum absolute atomic E-state index is 0.750. The van der Waals surface area contributed by atoms with Crippen LogP contribution in [-0.2, 0) is 4.79 Å². The third kappa shape index (κ3) is 4.65. The van der Waals surface area contributed by atoms with Crippen LogP contribution in [0.1, 0.15) is 16.7 Å². The summed E-state index contributed by atoms with van der Waals surface area (Å²) in [5.41, 5.74) is 4.18. The Labute approximate surface area is 86.5 Å². The standard InChI is InChI=1S/C9H12.C3H7NO/c1-7-5-4-6-8(2)9(7)3;1-4(2)3-5/h4-6H,1-3H3;3H,1-2H3. The third-order valence-corrected chi connectivity index (χ3v) is 2.09. The molecule has 0 saturated carbocycles. The summed E-state index contributed by atoms with van der Waals surface area (Å²) in [6, 6.07) is 6.38. The van der Waals surface area contributed by atoms with Gasteiger partial charge in [-0.15, -0.1) is 0 Å². The molecular weight excluding hydrogens is 174 g/mol. The SMILES string of the molecule is CN(C)C=O.Cc1cccc(C)c1C. The zero-order valence-electron chi connectivity index (χ0n) is 9.66. The van der Waals surface area contributed by atoms with Gasteiger partial charge in [-0.2, -0.15) is 0 Å². The highest BCUT2D eigenvalue weighted by atomic mass is 16.1. The van der Waals surface area contributed by atoms with Crippen LogP contribution in [0, 0.1) is 20.8 Å². The summed E-state index contributed by atoms with van der Waals surface area (Å²) in [6.07, 6.45) is 0.750. The molecule has 0 fully saturated rings. The lowest BCUT2D eigenvalue weighted by molar-refractivity contribution is -0.115. The molecule has 1 rings (SSSR count). The number of rotatable bonds is 1. The predicted octanol–water partition coefficient (Wildman–Crippen LogP) is 2.32. The van der Waals surface area contributed by atoms with Gasteiger partial charge >= 0.3 is 0 Å². The van der Waals surface area contributed by atoms with Crippen LogP contribution >= 0.6 is 0 Å². The molecule has 0 unspecified atom stereocenters. The Hall–Kier alpha value is -1.31. The Bertz CT molecular complexity index is 272. The van der Waals surface area contributed by atoms with Crippen molar-refractivity contribution >= 4 is 6.41 Å². The molecule has 14 heavy (non-hydrogen) atoms. The van der Waals surface area contributed by atoms with Crippen molar-refractivity contribution in [2.24, 2.45) is 0 Å². The van der Waals surface area contributed by atoms with Gasteiger partial charge in [-0.3, -0.25) is 4.79 Å². The third-order valence-electron chi connectivity index (χ3n) is 2.09. The molecule has 2 nitrogen and oxygen atoms in total. The average Bonchev–Trinajstić information content (AvgIpc) is 2.15. The highest BCUT2D eigenvalue weighted by Crippen LogP contribution is 2.09. The number of nitrogens with zero attached hydrogens (tertiary/aromatic N) is 1. The van der Waals surface area contributed by atoms with E-state index in [0.29, 0.717) is 0 Å². The Balaban J connectivity index is 0.000000292. The molecular formula is C12H19NO. The normalized spacial score (nSPS) is 8.64. The van der Waals surface area contributed by atoms with Gasteiger partial charge in [0.1, 0.15) is 0 Å². The number of hydrogen-bond acceptors (Lipinski definition) is 1. The van der Waals surface area contributed by atoms with Crippen LogP contribution in [0.15, 0.2) is 18.2 Å². The van der Waals surface area contributed by atoms with E-state index >= 15 is 0 Å². The molecule has 0 bridgehead atoms. The Kier molecular flexibility index (Phi) is 5.61. The molecule has 0 aliphatic carbocycles. The van der Waals surface area contributed by atoms with Crippen LogP contribution < -0.4 is 0 Å². The second kappa shape index (κ2) is 6.19. The summed E-state index contributed by atoms with van der Waals surface area (Å²) < 4.78 is 0. The lowest BCUT2D eigenvalue weighted by Crippen LogP contribution is -2.06. The second-order valence-corrected chi connectivity index (χ2v) is 3.59. The lowest BCUT2D eigenvalue weighted by atomic mass is 10.1. The maximum atomic E-state index is 9.43. The molecule has 1 aromatic carbocycles. The van der Waals surface area contributed by atoms with Crippen molar-refractivity contribution < 1.29 is 4.79 Å². The van der Waals surface area contributed by atoms with E-state index in [1.54, 1.807) is 14.1 Å². The van der Waals surface area contributed by atoms with E-state index < -0.39 is 0 Å². The zero-order chi connectivity index (χ0) is 11.1. The van der Waals surface area contributed by atoms with E-state index in [1.807, 2.05) is 0 Å². The van der Waals surface area contributed by atoms with E-state index in [9.17, 15) is 4.79 Å². The van der Waals surface area contributed by atoms with Crippen molar-refractivity contribution in [3.05, 3.63) is 34.9 Å². The molecule has 0 N–H and O–H groups in total. The highest BCUT2D eigenvalue weighted by molar-refractivity contribution is 5.45. The maximum absolute atomic E-state index is 9.43. The Morgan fingerprint density at radius 2 is 1.43 bits per heavy atom. The topological polar surface area (TPSA) is 20.3 Å². The van der Waals surface area contributed by atoms with Crippen LogP contribution in [0.4, 0.5) is 0 Å². The molecule has 1 aromatic rings. The van der Waals surface area contributed by atoms with Crippen molar-refractivity contribution in [3.63, 3.8) is 0 Å². The molecule has 0 saturated heterocycles. The largest absolute Gasteiger partial charge is 0.351 e. The van der Waals surface area contributed by atoms with Crippen LogP contribution in [-0.4, -0.2) is 25.4 Å². The summed E-state index contributed by atoms with van der Waals surface area (Å²) in [6.45, 7) is 6.44. The van der Waals surface area contributed by atoms with Gasteiger partial charge in [0, 0.05) is 14.1 Å². The van der Waals surface area contributed by atoms with Gasteiger partial charge in [0.25, 0.3) is 0 Å². The van der Waals surface area contributed by atoms with Crippen molar-refractivity contribution in [3.8, 4) is 0 Å². The maximum Gasteiger partial charge on any atom is 0.209 e. The van der Waals surface area contributed by atoms with E-state index in [0.717, 1.165) is 6.41 Å². The van der Waals surface area contributed by atoms with Crippen molar-refractivity contribution in [1.82, 2.24) is 4.90 Å². The highest BCUT2D eigenvalue weighted by Gasteiger charge is 1.91. The van der Waals surface area contributed by atoms with Crippen LogP contribution in [0.2, 0.25) is 0 Å². The summed E-state index contributed by atoms with van der Waals surface area (Å²) in [5.74, 6) is 0. The summed E-state index contributed by atoms with van der Waals surface area (Å²) >= 11 is 0. The van der Waals surface area contributed by atoms with E-state index in [2.05, 4.69) is 39.0 Å². The molecule has 0 radical (unpaired) electrons. The monoisotopic (exact) mass is 193 g/mol.